The SMILES string of the molecule is [C]1=COC2CC=CC12. The maximum Gasteiger partial charge on any atom is 0.112 e. The third-order valence-electron chi connectivity index (χ3n) is 1.62. The normalized spacial score (nSPS) is 40.0. The molecule has 2 aliphatic rings. The summed E-state index contributed by atoms with van der Waals surface area (Å²) in [5.41, 5.74) is 0. The van der Waals surface area contributed by atoms with E-state index < -0.39 is 0 Å². The Morgan fingerprint density at radius 1 is 1.62 bits per heavy atom. The second-order valence-corrected chi connectivity index (χ2v) is 2.15. The molecule has 0 bridgehead atoms. The molecule has 1 aliphatic heterocycles. The maximum absolute atomic E-state index is 5.18. The lowest BCUT2D eigenvalue weighted by Crippen LogP contribution is -2.07. The molecule has 2 atom stereocenters. The molecule has 41 valence electrons. The molecule has 2 rings (SSSR count). The molecule has 0 aromatic rings. The van der Waals surface area contributed by atoms with E-state index in [0.717, 1.165) is 6.42 Å². The Morgan fingerprint density at radius 2 is 2.62 bits per heavy atom. The van der Waals surface area contributed by atoms with Gasteiger partial charge in [0, 0.05) is 18.4 Å². The summed E-state index contributed by atoms with van der Waals surface area (Å²) in [6, 6.07) is 0. The van der Waals surface area contributed by atoms with Crippen molar-refractivity contribution in [1.29, 1.82) is 0 Å². The molecule has 0 spiro atoms. The van der Waals surface area contributed by atoms with Crippen LogP contribution in [0.25, 0.3) is 0 Å². The van der Waals surface area contributed by atoms with Crippen LogP contribution in [-0.2, 0) is 4.74 Å². The monoisotopic (exact) mass is 107 g/mol. The van der Waals surface area contributed by atoms with E-state index in [1.54, 1.807) is 6.26 Å². The van der Waals surface area contributed by atoms with E-state index >= 15 is 0 Å². The Morgan fingerprint density at radius 3 is 3.50 bits per heavy atom. The van der Waals surface area contributed by atoms with Crippen molar-refractivity contribution in [2.24, 2.45) is 5.92 Å². The smallest absolute Gasteiger partial charge is 0.112 e. The van der Waals surface area contributed by atoms with Crippen molar-refractivity contribution >= 4 is 0 Å². The van der Waals surface area contributed by atoms with E-state index in [1.165, 1.54) is 0 Å². The summed E-state index contributed by atoms with van der Waals surface area (Å²) in [6.07, 6.45) is 10.5. The standard InChI is InChI=1S/C7H7O/c1-2-6-4-5-8-7(6)3-1/h1-2,5-7H,3H2. The lowest BCUT2D eigenvalue weighted by Gasteiger charge is -2.05. The third kappa shape index (κ3) is 0.414. The minimum atomic E-state index is 0.398. The van der Waals surface area contributed by atoms with E-state index in [4.69, 9.17) is 4.74 Å². The molecule has 0 fully saturated rings. The average Bonchev–Trinajstić information content (AvgIpc) is 2.15. The van der Waals surface area contributed by atoms with E-state index in [1.807, 2.05) is 0 Å². The molecule has 8 heavy (non-hydrogen) atoms. The van der Waals surface area contributed by atoms with Gasteiger partial charge in [0.25, 0.3) is 0 Å². The second-order valence-electron chi connectivity index (χ2n) is 2.15. The highest BCUT2D eigenvalue weighted by Gasteiger charge is 2.25. The summed E-state index contributed by atoms with van der Waals surface area (Å²) >= 11 is 0. The molecule has 0 saturated heterocycles. The van der Waals surface area contributed by atoms with Crippen LogP contribution >= 0.6 is 0 Å². The lowest BCUT2D eigenvalue weighted by molar-refractivity contribution is 0.159. The van der Waals surface area contributed by atoms with Crippen molar-refractivity contribution < 1.29 is 4.74 Å². The van der Waals surface area contributed by atoms with Crippen LogP contribution in [0.5, 0.6) is 0 Å². The van der Waals surface area contributed by atoms with Gasteiger partial charge in [-0.15, -0.1) is 0 Å². The minimum Gasteiger partial charge on any atom is -0.496 e. The van der Waals surface area contributed by atoms with Crippen LogP contribution in [0.3, 0.4) is 0 Å². The van der Waals surface area contributed by atoms with Gasteiger partial charge in [-0.25, -0.2) is 0 Å². The van der Waals surface area contributed by atoms with Crippen molar-refractivity contribution in [2.45, 2.75) is 12.5 Å². The first-order valence-corrected chi connectivity index (χ1v) is 2.87. The second kappa shape index (κ2) is 1.38. The van der Waals surface area contributed by atoms with E-state index in [-0.39, 0.29) is 0 Å². The van der Waals surface area contributed by atoms with Crippen molar-refractivity contribution in [1.82, 2.24) is 0 Å². The van der Waals surface area contributed by atoms with Crippen LogP contribution in [0, 0.1) is 12.0 Å². The fourth-order valence-electron chi connectivity index (χ4n) is 1.14. The quantitative estimate of drug-likeness (QED) is 0.424. The Kier molecular flexibility index (Phi) is 0.720. The Hall–Kier alpha value is -0.720. The van der Waals surface area contributed by atoms with Gasteiger partial charge < -0.3 is 4.74 Å². The van der Waals surface area contributed by atoms with Crippen LogP contribution in [0.4, 0.5) is 0 Å². The van der Waals surface area contributed by atoms with Crippen molar-refractivity contribution in [3.8, 4) is 0 Å². The number of hydrogen-bond acceptors (Lipinski definition) is 1. The molecule has 0 saturated carbocycles. The molecule has 2 unspecified atom stereocenters. The maximum atomic E-state index is 5.18. The molecule has 1 radical (unpaired) electrons. The zero-order valence-electron chi connectivity index (χ0n) is 4.50. The summed E-state index contributed by atoms with van der Waals surface area (Å²) in [4.78, 5) is 0. The topological polar surface area (TPSA) is 9.23 Å². The van der Waals surface area contributed by atoms with Crippen LogP contribution in [0.2, 0.25) is 0 Å². The Labute approximate surface area is 48.7 Å². The molecule has 1 heteroatoms. The summed E-state index contributed by atoms with van der Waals surface area (Å²) in [5, 5.41) is 0. The minimum absolute atomic E-state index is 0.398. The summed E-state index contributed by atoms with van der Waals surface area (Å²) in [5.74, 6) is 0.468. The number of hydrogen-bond donors (Lipinski definition) is 0. The highest BCUT2D eigenvalue weighted by atomic mass is 16.5. The number of ether oxygens (including phenoxy) is 1. The molecule has 1 aliphatic carbocycles. The van der Waals surface area contributed by atoms with Crippen LogP contribution in [0.15, 0.2) is 18.4 Å². The van der Waals surface area contributed by atoms with E-state index in [9.17, 15) is 0 Å². The van der Waals surface area contributed by atoms with Crippen molar-refractivity contribution in [3.05, 3.63) is 24.5 Å². The van der Waals surface area contributed by atoms with Gasteiger partial charge in [-0.3, -0.25) is 0 Å². The highest BCUT2D eigenvalue weighted by molar-refractivity contribution is 5.09. The molecule has 1 heterocycles. The fourth-order valence-corrected chi connectivity index (χ4v) is 1.14. The predicted octanol–water partition coefficient (Wildman–Crippen LogP) is 1.28. The molecule has 0 aromatic heterocycles. The Balaban J connectivity index is 2.22. The zero-order valence-corrected chi connectivity index (χ0v) is 4.50. The molecule has 0 N–H and O–H groups in total. The molecule has 1 nitrogen and oxygen atoms in total. The van der Waals surface area contributed by atoms with Gasteiger partial charge in [0.1, 0.15) is 6.10 Å². The summed E-state index contributed by atoms with van der Waals surface area (Å²) in [7, 11) is 0. The van der Waals surface area contributed by atoms with Gasteiger partial charge in [0.15, 0.2) is 0 Å². The van der Waals surface area contributed by atoms with Gasteiger partial charge in [0.05, 0.1) is 6.26 Å². The highest BCUT2D eigenvalue weighted by Crippen LogP contribution is 2.26. The van der Waals surface area contributed by atoms with Gasteiger partial charge in [-0.1, -0.05) is 12.2 Å². The van der Waals surface area contributed by atoms with Gasteiger partial charge in [-0.05, 0) is 0 Å². The lowest BCUT2D eigenvalue weighted by atomic mass is 10.1. The number of fused-ring (bicyclic) bond motifs is 1. The first-order valence-electron chi connectivity index (χ1n) is 2.87. The first kappa shape index (κ1) is 4.19. The third-order valence-corrected chi connectivity index (χ3v) is 1.62. The van der Waals surface area contributed by atoms with Crippen LogP contribution in [-0.4, -0.2) is 6.10 Å². The van der Waals surface area contributed by atoms with Crippen LogP contribution in [0.1, 0.15) is 6.42 Å². The molecular formula is C7H7O. The predicted molar refractivity (Wildman–Crippen MR) is 29.9 cm³/mol. The molecule has 0 amide bonds. The summed E-state index contributed by atoms with van der Waals surface area (Å²) in [6.45, 7) is 0. The van der Waals surface area contributed by atoms with Crippen LogP contribution < -0.4 is 0 Å². The average molecular weight is 107 g/mol. The van der Waals surface area contributed by atoms with Crippen molar-refractivity contribution in [3.63, 3.8) is 0 Å². The Bertz CT molecular complexity index is 130. The van der Waals surface area contributed by atoms with Crippen molar-refractivity contribution in [2.75, 3.05) is 0 Å². The summed E-state index contributed by atoms with van der Waals surface area (Å²) < 4.78 is 5.18. The van der Waals surface area contributed by atoms with E-state index in [0.29, 0.717) is 12.0 Å². The van der Waals surface area contributed by atoms with Gasteiger partial charge in [0.2, 0.25) is 0 Å². The molecule has 0 aromatic carbocycles. The molecular weight excluding hydrogens is 100 g/mol. The fraction of sp³-hybridized carbons (Fsp3) is 0.429. The van der Waals surface area contributed by atoms with E-state index in [2.05, 4.69) is 18.2 Å². The number of rotatable bonds is 0. The largest absolute Gasteiger partial charge is 0.496 e. The van der Waals surface area contributed by atoms with Gasteiger partial charge >= 0.3 is 0 Å². The zero-order chi connectivity index (χ0) is 5.40. The first-order chi connectivity index (χ1) is 3.97. The van der Waals surface area contributed by atoms with Gasteiger partial charge in [-0.2, -0.15) is 0 Å².